The molecule has 0 aliphatic heterocycles. The number of hydrogen-bond acceptors (Lipinski definition) is 2. The van der Waals surface area contributed by atoms with Crippen molar-refractivity contribution >= 4 is 5.91 Å². The van der Waals surface area contributed by atoms with Gasteiger partial charge in [0.2, 0.25) is 11.8 Å². The number of alkyl halides is 6. The van der Waals surface area contributed by atoms with Crippen molar-refractivity contribution in [1.82, 2.24) is 4.90 Å². The standard InChI is InChI=1S/C8H12F6N2O/c1-4(3-15)16(2)6(17)5(7(9,10)11)8(12,13)14/h4-5H,3,15H2,1-2H3. The molecule has 1 unspecified atom stereocenters. The normalized spacial score (nSPS) is 14.9. The van der Waals surface area contributed by atoms with Crippen LogP contribution in [-0.4, -0.2) is 42.8 Å². The molecule has 0 saturated carbocycles. The second kappa shape index (κ2) is 5.11. The summed E-state index contributed by atoms with van der Waals surface area (Å²) in [7, 11) is 0.852. The SMILES string of the molecule is CC(CN)N(C)C(=O)C(C(F)(F)F)C(F)(F)F. The van der Waals surface area contributed by atoms with Gasteiger partial charge in [-0.2, -0.15) is 26.3 Å². The molecule has 0 aliphatic rings. The molecule has 0 aromatic carbocycles. The molecule has 0 aromatic heterocycles. The fourth-order valence-corrected chi connectivity index (χ4v) is 1.04. The lowest BCUT2D eigenvalue weighted by Gasteiger charge is -2.30. The minimum atomic E-state index is -5.67. The summed E-state index contributed by atoms with van der Waals surface area (Å²) in [5.74, 6) is -6.06. The Balaban J connectivity index is 5.17. The van der Waals surface area contributed by atoms with Crippen LogP contribution in [0.4, 0.5) is 26.3 Å². The largest absolute Gasteiger partial charge is 0.409 e. The molecule has 3 nitrogen and oxygen atoms in total. The Morgan fingerprint density at radius 2 is 1.53 bits per heavy atom. The molecule has 1 atom stereocenters. The number of rotatable bonds is 3. The van der Waals surface area contributed by atoms with Gasteiger partial charge < -0.3 is 10.6 Å². The van der Waals surface area contributed by atoms with Crippen LogP contribution < -0.4 is 5.73 Å². The van der Waals surface area contributed by atoms with Crippen LogP contribution in [0.25, 0.3) is 0 Å². The van der Waals surface area contributed by atoms with E-state index < -0.39 is 30.2 Å². The van der Waals surface area contributed by atoms with E-state index in [0.717, 1.165) is 7.05 Å². The van der Waals surface area contributed by atoms with Crippen LogP contribution in [0.2, 0.25) is 0 Å². The fourth-order valence-electron chi connectivity index (χ4n) is 1.04. The van der Waals surface area contributed by atoms with E-state index in [4.69, 9.17) is 5.73 Å². The number of carbonyl (C=O) groups excluding carboxylic acids is 1. The monoisotopic (exact) mass is 266 g/mol. The topological polar surface area (TPSA) is 46.3 Å². The molecule has 0 aliphatic carbocycles. The zero-order valence-electron chi connectivity index (χ0n) is 9.06. The van der Waals surface area contributed by atoms with E-state index in [1.54, 1.807) is 0 Å². The quantitative estimate of drug-likeness (QED) is 0.787. The minimum Gasteiger partial charge on any atom is -0.341 e. The van der Waals surface area contributed by atoms with Gasteiger partial charge in [-0.05, 0) is 6.92 Å². The maximum Gasteiger partial charge on any atom is 0.409 e. The molecular weight excluding hydrogens is 254 g/mol. The Labute approximate surface area is 93.5 Å². The zero-order valence-corrected chi connectivity index (χ0v) is 9.06. The minimum absolute atomic E-state index is 0.231. The first kappa shape index (κ1) is 16.0. The van der Waals surface area contributed by atoms with Crippen molar-refractivity contribution in [3.05, 3.63) is 0 Å². The van der Waals surface area contributed by atoms with Gasteiger partial charge >= 0.3 is 12.4 Å². The van der Waals surface area contributed by atoms with Crippen molar-refractivity contribution in [2.24, 2.45) is 11.7 Å². The third-order valence-electron chi connectivity index (χ3n) is 2.25. The van der Waals surface area contributed by atoms with Gasteiger partial charge in [0.25, 0.3) is 0 Å². The first-order valence-corrected chi connectivity index (χ1v) is 4.53. The summed E-state index contributed by atoms with van der Waals surface area (Å²) < 4.78 is 73.2. The van der Waals surface area contributed by atoms with E-state index >= 15 is 0 Å². The maximum absolute atomic E-state index is 12.2. The second-order valence-corrected chi connectivity index (χ2v) is 3.55. The number of nitrogens with two attached hydrogens (primary N) is 1. The van der Waals surface area contributed by atoms with E-state index in [9.17, 15) is 31.1 Å². The molecule has 0 bridgehead atoms. The summed E-state index contributed by atoms with van der Waals surface area (Å²) in [4.78, 5) is 11.5. The lowest BCUT2D eigenvalue weighted by atomic mass is 10.1. The molecule has 9 heteroatoms. The van der Waals surface area contributed by atoms with Crippen LogP contribution in [0.3, 0.4) is 0 Å². The summed E-state index contributed by atoms with van der Waals surface area (Å²) in [6.07, 6.45) is -11.3. The summed E-state index contributed by atoms with van der Waals surface area (Å²) in [6.45, 7) is 1.02. The van der Waals surface area contributed by atoms with Crippen molar-refractivity contribution in [2.45, 2.75) is 25.3 Å². The van der Waals surface area contributed by atoms with E-state index in [1.165, 1.54) is 6.92 Å². The Morgan fingerprint density at radius 3 is 1.76 bits per heavy atom. The van der Waals surface area contributed by atoms with E-state index in [0.29, 0.717) is 4.90 Å². The molecule has 0 rings (SSSR count). The molecule has 17 heavy (non-hydrogen) atoms. The van der Waals surface area contributed by atoms with E-state index in [1.807, 2.05) is 0 Å². The highest BCUT2D eigenvalue weighted by Crippen LogP contribution is 2.40. The van der Waals surface area contributed by atoms with Crippen molar-refractivity contribution in [3.63, 3.8) is 0 Å². The van der Waals surface area contributed by atoms with Crippen molar-refractivity contribution < 1.29 is 31.1 Å². The first-order valence-electron chi connectivity index (χ1n) is 4.53. The van der Waals surface area contributed by atoms with Crippen LogP contribution in [0.1, 0.15) is 6.92 Å². The summed E-state index contributed by atoms with van der Waals surface area (Å²) >= 11 is 0. The molecule has 1 amide bonds. The van der Waals surface area contributed by atoms with Gasteiger partial charge in [-0.15, -0.1) is 0 Å². The molecule has 2 N–H and O–H groups in total. The summed E-state index contributed by atoms with van der Waals surface area (Å²) in [5, 5.41) is 0. The summed E-state index contributed by atoms with van der Waals surface area (Å²) in [6, 6.07) is -0.908. The average molecular weight is 266 g/mol. The molecule has 0 radical (unpaired) electrons. The van der Waals surface area contributed by atoms with Gasteiger partial charge in [-0.1, -0.05) is 0 Å². The van der Waals surface area contributed by atoms with Gasteiger partial charge in [-0.25, -0.2) is 0 Å². The Hall–Kier alpha value is -0.990. The number of nitrogens with zero attached hydrogens (tertiary/aromatic N) is 1. The van der Waals surface area contributed by atoms with Crippen LogP contribution in [0.15, 0.2) is 0 Å². The average Bonchev–Trinajstić information content (AvgIpc) is 2.10. The predicted octanol–water partition coefficient (Wildman–Crippen LogP) is 1.53. The van der Waals surface area contributed by atoms with Gasteiger partial charge in [0.05, 0.1) is 0 Å². The first-order chi connectivity index (χ1) is 7.42. The van der Waals surface area contributed by atoms with Crippen LogP contribution in [0, 0.1) is 5.92 Å². The Bertz CT molecular complexity index is 260. The van der Waals surface area contributed by atoms with Gasteiger partial charge in [0, 0.05) is 19.6 Å². The van der Waals surface area contributed by atoms with Gasteiger partial charge in [0.15, 0.2) is 0 Å². The van der Waals surface area contributed by atoms with Crippen LogP contribution in [-0.2, 0) is 4.79 Å². The molecule has 102 valence electrons. The Kier molecular flexibility index (Phi) is 4.81. The van der Waals surface area contributed by atoms with Gasteiger partial charge in [0.1, 0.15) is 0 Å². The second-order valence-electron chi connectivity index (χ2n) is 3.55. The number of hydrogen-bond donors (Lipinski definition) is 1. The fraction of sp³-hybridized carbons (Fsp3) is 0.875. The highest BCUT2D eigenvalue weighted by molar-refractivity contribution is 5.80. The molecule has 0 heterocycles. The Morgan fingerprint density at radius 1 is 1.18 bits per heavy atom. The van der Waals surface area contributed by atoms with Gasteiger partial charge in [-0.3, -0.25) is 4.79 Å². The highest BCUT2D eigenvalue weighted by Gasteiger charge is 2.61. The third kappa shape index (κ3) is 4.06. The lowest BCUT2D eigenvalue weighted by molar-refractivity contribution is -0.277. The van der Waals surface area contributed by atoms with E-state index in [-0.39, 0.29) is 6.54 Å². The van der Waals surface area contributed by atoms with Crippen LogP contribution in [0.5, 0.6) is 0 Å². The maximum atomic E-state index is 12.2. The molecule has 0 aromatic rings. The predicted molar refractivity (Wildman–Crippen MR) is 46.9 cm³/mol. The smallest absolute Gasteiger partial charge is 0.341 e. The molecular formula is C8H12F6N2O. The number of amides is 1. The molecule has 0 fully saturated rings. The highest BCUT2D eigenvalue weighted by atomic mass is 19.4. The van der Waals surface area contributed by atoms with Crippen molar-refractivity contribution in [3.8, 4) is 0 Å². The summed E-state index contributed by atoms with van der Waals surface area (Å²) in [5.41, 5.74) is 5.07. The number of likely N-dealkylation sites (N-methyl/N-ethyl adjacent to an activating group) is 1. The number of halogens is 6. The molecule has 0 spiro atoms. The molecule has 0 saturated heterocycles. The number of carbonyl (C=O) groups is 1. The van der Waals surface area contributed by atoms with Crippen molar-refractivity contribution in [2.75, 3.05) is 13.6 Å². The lowest BCUT2D eigenvalue weighted by Crippen LogP contribution is -2.51. The van der Waals surface area contributed by atoms with Crippen LogP contribution >= 0.6 is 0 Å². The third-order valence-corrected chi connectivity index (χ3v) is 2.25. The van der Waals surface area contributed by atoms with Crippen molar-refractivity contribution in [1.29, 1.82) is 0 Å². The van der Waals surface area contributed by atoms with E-state index in [2.05, 4.69) is 0 Å². The zero-order chi connectivity index (χ0) is 14.0.